The number of nitrogens with zero attached hydrogens (tertiary/aromatic N) is 4. The Kier molecular flexibility index (Phi) is 5.53. The molecule has 1 atom stereocenters. The second-order valence-corrected chi connectivity index (χ2v) is 9.09. The molecule has 1 amide bonds. The van der Waals surface area contributed by atoms with Crippen molar-refractivity contribution in [1.82, 2.24) is 25.1 Å². The van der Waals surface area contributed by atoms with Gasteiger partial charge in [-0.3, -0.25) is 9.89 Å². The maximum absolute atomic E-state index is 13.5. The third-order valence-corrected chi connectivity index (χ3v) is 6.69. The number of carbonyl (C=O) groups excluding carboxylic acids is 1. The van der Waals surface area contributed by atoms with Crippen molar-refractivity contribution in [3.8, 4) is 21.8 Å². The van der Waals surface area contributed by atoms with Crippen molar-refractivity contribution in [3.63, 3.8) is 0 Å². The van der Waals surface area contributed by atoms with Gasteiger partial charge in [0, 0.05) is 24.6 Å². The summed E-state index contributed by atoms with van der Waals surface area (Å²) in [5.74, 6) is 1.04. The molecule has 6 nitrogen and oxygen atoms in total. The van der Waals surface area contributed by atoms with Crippen LogP contribution in [0.15, 0.2) is 54.6 Å². The molecule has 0 bridgehead atoms. The average molecular weight is 448 g/mol. The van der Waals surface area contributed by atoms with Crippen LogP contribution in [-0.4, -0.2) is 43.6 Å². The zero-order valence-corrected chi connectivity index (χ0v) is 18.4. The molecule has 162 valence electrons. The zero-order chi connectivity index (χ0) is 22.1. The first kappa shape index (κ1) is 20.5. The van der Waals surface area contributed by atoms with E-state index in [2.05, 4.69) is 20.2 Å². The van der Waals surface area contributed by atoms with Gasteiger partial charge in [0.05, 0.1) is 9.88 Å². The van der Waals surface area contributed by atoms with Crippen LogP contribution in [0.2, 0.25) is 0 Å². The highest BCUT2D eigenvalue weighted by Gasteiger charge is 2.33. The van der Waals surface area contributed by atoms with Gasteiger partial charge in [-0.25, -0.2) is 14.4 Å². The molecule has 1 fully saturated rings. The Morgan fingerprint density at radius 3 is 2.69 bits per heavy atom. The summed E-state index contributed by atoms with van der Waals surface area (Å²) in [6.07, 6.45) is 2.45. The standard InChI is InChI=1S/C24H22FN5OS/c1-15-26-21(22(32-15)16-9-11-18(25)12-10-16)24(31)30-13-5-8-19(30)14-20-27-23(29-28-20)17-6-3-2-4-7-17/h2-4,6-7,9-12,19H,5,8,13-14H2,1H3,(H,27,28,29)/t19-/m0/s1. The summed E-state index contributed by atoms with van der Waals surface area (Å²) in [6, 6.07) is 16.0. The predicted octanol–water partition coefficient (Wildman–Crippen LogP) is 4.89. The monoisotopic (exact) mass is 447 g/mol. The number of thiazole rings is 1. The molecule has 0 aliphatic carbocycles. The van der Waals surface area contributed by atoms with Gasteiger partial charge >= 0.3 is 0 Å². The molecule has 5 rings (SSSR count). The summed E-state index contributed by atoms with van der Waals surface area (Å²) in [4.78, 5) is 25.3. The molecule has 32 heavy (non-hydrogen) atoms. The average Bonchev–Trinajstić information content (AvgIpc) is 3.55. The van der Waals surface area contributed by atoms with Crippen LogP contribution in [0.3, 0.4) is 0 Å². The molecule has 1 saturated heterocycles. The van der Waals surface area contributed by atoms with Gasteiger partial charge in [-0.05, 0) is 37.5 Å². The first-order valence-corrected chi connectivity index (χ1v) is 11.4. The molecule has 2 aromatic heterocycles. The zero-order valence-electron chi connectivity index (χ0n) is 17.6. The maximum Gasteiger partial charge on any atom is 0.274 e. The van der Waals surface area contributed by atoms with E-state index in [0.29, 0.717) is 24.5 Å². The molecule has 0 saturated carbocycles. The second kappa shape index (κ2) is 8.63. The Bertz CT molecular complexity index is 1240. The van der Waals surface area contributed by atoms with Crippen molar-refractivity contribution >= 4 is 17.2 Å². The van der Waals surface area contributed by atoms with Gasteiger partial charge in [0.25, 0.3) is 5.91 Å². The van der Waals surface area contributed by atoms with Crippen LogP contribution < -0.4 is 0 Å². The van der Waals surface area contributed by atoms with Crippen molar-refractivity contribution in [2.75, 3.05) is 6.54 Å². The van der Waals surface area contributed by atoms with Crippen molar-refractivity contribution in [1.29, 1.82) is 0 Å². The number of benzene rings is 2. The Morgan fingerprint density at radius 2 is 1.91 bits per heavy atom. The highest BCUT2D eigenvalue weighted by Crippen LogP contribution is 2.33. The number of carbonyl (C=O) groups is 1. The molecule has 0 radical (unpaired) electrons. The summed E-state index contributed by atoms with van der Waals surface area (Å²) < 4.78 is 13.4. The fourth-order valence-corrected chi connectivity index (χ4v) is 5.06. The van der Waals surface area contributed by atoms with Crippen LogP contribution in [0.5, 0.6) is 0 Å². The predicted molar refractivity (Wildman–Crippen MR) is 122 cm³/mol. The highest BCUT2D eigenvalue weighted by molar-refractivity contribution is 7.15. The molecule has 4 aromatic rings. The minimum absolute atomic E-state index is 0.0298. The first-order chi connectivity index (χ1) is 15.6. The lowest BCUT2D eigenvalue weighted by atomic mass is 10.1. The Labute approximate surface area is 189 Å². The number of likely N-dealkylation sites (tertiary alicyclic amines) is 1. The van der Waals surface area contributed by atoms with E-state index in [1.54, 1.807) is 12.1 Å². The third-order valence-electron chi connectivity index (χ3n) is 5.67. The number of amides is 1. The lowest BCUT2D eigenvalue weighted by molar-refractivity contribution is 0.0731. The Balaban J connectivity index is 1.37. The largest absolute Gasteiger partial charge is 0.334 e. The van der Waals surface area contributed by atoms with E-state index in [1.807, 2.05) is 42.2 Å². The Hall–Kier alpha value is -3.39. The quantitative estimate of drug-likeness (QED) is 0.473. The highest BCUT2D eigenvalue weighted by atomic mass is 32.1. The Morgan fingerprint density at radius 1 is 1.12 bits per heavy atom. The summed E-state index contributed by atoms with van der Waals surface area (Å²) >= 11 is 1.46. The molecule has 0 spiro atoms. The van der Waals surface area contributed by atoms with Gasteiger partial charge in [0.1, 0.15) is 17.3 Å². The number of H-pyrrole nitrogens is 1. The molecular weight excluding hydrogens is 425 g/mol. The molecule has 1 N–H and O–H groups in total. The number of aromatic nitrogens is 4. The fourth-order valence-electron chi connectivity index (χ4n) is 4.15. The number of hydrogen-bond donors (Lipinski definition) is 1. The van der Waals surface area contributed by atoms with E-state index in [0.717, 1.165) is 39.7 Å². The third kappa shape index (κ3) is 4.05. The fraction of sp³-hybridized carbons (Fsp3) is 0.250. The van der Waals surface area contributed by atoms with Crippen molar-refractivity contribution in [3.05, 3.63) is 76.9 Å². The number of rotatable bonds is 5. The maximum atomic E-state index is 13.5. The molecular formula is C24H22FN5OS. The van der Waals surface area contributed by atoms with Gasteiger partial charge < -0.3 is 4.90 Å². The van der Waals surface area contributed by atoms with Gasteiger partial charge in [0.2, 0.25) is 0 Å². The van der Waals surface area contributed by atoms with Gasteiger partial charge in [-0.15, -0.1) is 11.3 Å². The number of aromatic amines is 1. The summed E-state index contributed by atoms with van der Waals surface area (Å²) in [5, 5.41) is 8.18. The van der Waals surface area contributed by atoms with Crippen LogP contribution in [0, 0.1) is 12.7 Å². The van der Waals surface area contributed by atoms with Crippen molar-refractivity contribution in [2.24, 2.45) is 0 Å². The van der Waals surface area contributed by atoms with E-state index in [1.165, 1.54) is 23.5 Å². The van der Waals surface area contributed by atoms with Crippen LogP contribution in [-0.2, 0) is 6.42 Å². The van der Waals surface area contributed by atoms with Crippen molar-refractivity contribution < 1.29 is 9.18 Å². The van der Waals surface area contributed by atoms with Crippen LogP contribution in [0.25, 0.3) is 21.8 Å². The van der Waals surface area contributed by atoms with E-state index in [9.17, 15) is 9.18 Å². The molecule has 8 heteroatoms. The van der Waals surface area contributed by atoms with E-state index >= 15 is 0 Å². The number of nitrogens with one attached hydrogen (secondary N) is 1. The van der Waals surface area contributed by atoms with Gasteiger partial charge in [-0.2, -0.15) is 5.10 Å². The number of halogens is 1. The van der Waals surface area contributed by atoms with E-state index in [4.69, 9.17) is 0 Å². The topological polar surface area (TPSA) is 74.8 Å². The smallest absolute Gasteiger partial charge is 0.274 e. The van der Waals surface area contributed by atoms with Gasteiger partial charge in [0.15, 0.2) is 5.82 Å². The molecule has 1 aliphatic heterocycles. The first-order valence-electron chi connectivity index (χ1n) is 10.6. The summed E-state index contributed by atoms with van der Waals surface area (Å²) in [7, 11) is 0. The lowest BCUT2D eigenvalue weighted by Crippen LogP contribution is -2.37. The normalized spacial score (nSPS) is 15.9. The minimum Gasteiger partial charge on any atom is -0.334 e. The van der Waals surface area contributed by atoms with Crippen molar-refractivity contribution in [2.45, 2.75) is 32.2 Å². The lowest BCUT2D eigenvalue weighted by Gasteiger charge is -2.23. The minimum atomic E-state index is -0.301. The molecule has 3 heterocycles. The number of hydrogen-bond acceptors (Lipinski definition) is 5. The molecule has 2 aromatic carbocycles. The van der Waals surface area contributed by atoms with E-state index < -0.39 is 0 Å². The molecule has 0 unspecified atom stereocenters. The summed E-state index contributed by atoms with van der Waals surface area (Å²) in [6.45, 7) is 2.57. The molecule has 1 aliphatic rings. The summed E-state index contributed by atoms with van der Waals surface area (Å²) in [5.41, 5.74) is 2.20. The number of aryl methyl sites for hydroxylation is 1. The van der Waals surface area contributed by atoms with E-state index in [-0.39, 0.29) is 17.8 Å². The van der Waals surface area contributed by atoms with Crippen LogP contribution >= 0.6 is 11.3 Å². The SMILES string of the molecule is Cc1nc(C(=O)N2CCC[C@H]2Cc2nc(-c3ccccc3)n[nH]2)c(-c2ccc(F)cc2)s1. The second-order valence-electron chi connectivity index (χ2n) is 7.89. The van der Waals surface area contributed by atoms with Crippen LogP contribution in [0.1, 0.15) is 34.2 Å². The van der Waals surface area contributed by atoms with Crippen LogP contribution in [0.4, 0.5) is 4.39 Å². The van der Waals surface area contributed by atoms with Gasteiger partial charge in [-0.1, -0.05) is 42.5 Å².